The molecular weight excluding hydrogens is 184 g/mol. The smallest absolute Gasteiger partial charge is 0.145 e. The maximum atomic E-state index is 12.7. The fourth-order valence-electron chi connectivity index (χ4n) is 5.11. The van der Waals surface area contributed by atoms with E-state index < -0.39 is 0 Å². The van der Waals surface area contributed by atoms with Crippen LogP contribution in [0.5, 0.6) is 0 Å². The highest BCUT2D eigenvalue weighted by Crippen LogP contribution is 2.74. The predicted molar refractivity (Wildman–Crippen MR) is 60.5 cm³/mol. The Balaban J connectivity index is 2.16. The SMILES string of the molecule is CC1(C)[C@@H]2CC[C@@]3(C)CCC2[C@]1(C)C3=O. The van der Waals surface area contributed by atoms with Crippen molar-refractivity contribution in [3.05, 3.63) is 0 Å². The van der Waals surface area contributed by atoms with Crippen LogP contribution >= 0.6 is 0 Å². The summed E-state index contributed by atoms with van der Waals surface area (Å²) in [5.41, 5.74) is 0.280. The largest absolute Gasteiger partial charge is 0.298 e. The van der Waals surface area contributed by atoms with Gasteiger partial charge in [-0.1, -0.05) is 27.7 Å². The molecule has 0 aromatic heterocycles. The van der Waals surface area contributed by atoms with E-state index in [1.54, 1.807) is 0 Å². The molecule has 1 unspecified atom stereocenters. The Bertz CT molecular complexity index is 343. The molecule has 5 saturated carbocycles. The summed E-state index contributed by atoms with van der Waals surface area (Å²) < 4.78 is 0. The van der Waals surface area contributed by atoms with Gasteiger partial charge in [0.25, 0.3) is 0 Å². The number of hydrogen-bond donors (Lipinski definition) is 0. The standard InChI is InChI=1S/C14H22O/c1-12(2)9-5-7-13(3)8-6-10(9)14(12,4)11(13)15/h9-10H,5-8H2,1-4H3/t9-,10?,13+,14-/m1/s1. The summed E-state index contributed by atoms with van der Waals surface area (Å²) in [4.78, 5) is 12.7. The van der Waals surface area contributed by atoms with Crippen LogP contribution in [0.15, 0.2) is 0 Å². The van der Waals surface area contributed by atoms with E-state index in [0.29, 0.717) is 11.7 Å². The minimum Gasteiger partial charge on any atom is -0.298 e. The normalized spacial score (nSPS) is 56.1. The lowest BCUT2D eigenvalue weighted by Gasteiger charge is -2.67. The van der Waals surface area contributed by atoms with Crippen LogP contribution in [0.4, 0.5) is 0 Å². The van der Waals surface area contributed by atoms with Gasteiger partial charge in [0.1, 0.15) is 5.78 Å². The molecule has 5 rings (SSSR count). The van der Waals surface area contributed by atoms with Gasteiger partial charge in [0, 0.05) is 10.8 Å². The second-order valence-corrected chi connectivity index (χ2v) is 7.10. The summed E-state index contributed by atoms with van der Waals surface area (Å²) in [5.74, 6) is 2.11. The molecule has 0 saturated heterocycles. The Morgan fingerprint density at radius 2 is 1.53 bits per heavy atom. The van der Waals surface area contributed by atoms with Crippen molar-refractivity contribution in [1.29, 1.82) is 0 Å². The van der Waals surface area contributed by atoms with E-state index >= 15 is 0 Å². The lowest BCUT2D eigenvalue weighted by Crippen LogP contribution is -2.67. The average molecular weight is 206 g/mol. The molecule has 0 aliphatic heterocycles. The lowest BCUT2D eigenvalue weighted by molar-refractivity contribution is -0.201. The van der Waals surface area contributed by atoms with Crippen molar-refractivity contribution in [2.45, 2.75) is 53.4 Å². The first kappa shape index (κ1) is 9.86. The van der Waals surface area contributed by atoms with Crippen molar-refractivity contribution < 1.29 is 4.79 Å². The minimum atomic E-state index is 0.00116. The molecule has 5 aliphatic carbocycles. The second-order valence-electron chi connectivity index (χ2n) is 7.10. The highest BCUT2D eigenvalue weighted by Gasteiger charge is 2.73. The van der Waals surface area contributed by atoms with Gasteiger partial charge in [-0.15, -0.1) is 0 Å². The zero-order chi connectivity index (χ0) is 11.1. The van der Waals surface area contributed by atoms with Crippen molar-refractivity contribution in [1.82, 2.24) is 0 Å². The van der Waals surface area contributed by atoms with E-state index in [9.17, 15) is 4.79 Å². The van der Waals surface area contributed by atoms with Gasteiger partial charge in [-0.05, 0) is 42.9 Å². The minimum absolute atomic E-state index is 0.00116. The van der Waals surface area contributed by atoms with E-state index in [4.69, 9.17) is 0 Å². The molecule has 4 atom stereocenters. The third-order valence-electron chi connectivity index (χ3n) is 6.53. The highest BCUT2D eigenvalue weighted by atomic mass is 16.1. The third kappa shape index (κ3) is 0.786. The maximum Gasteiger partial charge on any atom is 0.145 e. The zero-order valence-corrected chi connectivity index (χ0v) is 10.4. The number of rotatable bonds is 0. The van der Waals surface area contributed by atoms with Gasteiger partial charge < -0.3 is 0 Å². The number of hydrogen-bond acceptors (Lipinski definition) is 1. The van der Waals surface area contributed by atoms with E-state index in [2.05, 4.69) is 27.7 Å². The number of ketones is 1. The molecule has 0 N–H and O–H groups in total. The Hall–Kier alpha value is -0.330. The first-order valence-electron chi connectivity index (χ1n) is 6.39. The van der Waals surface area contributed by atoms with Crippen LogP contribution < -0.4 is 0 Å². The molecule has 1 nitrogen and oxygen atoms in total. The Morgan fingerprint density at radius 1 is 1.00 bits per heavy atom. The number of carbonyl (C=O) groups excluding carboxylic acids is 1. The molecule has 5 fully saturated rings. The lowest BCUT2D eigenvalue weighted by atomic mass is 9.36. The van der Waals surface area contributed by atoms with Crippen LogP contribution in [-0.2, 0) is 4.79 Å². The van der Waals surface area contributed by atoms with E-state index in [1.165, 1.54) is 12.8 Å². The maximum absolute atomic E-state index is 12.7. The van der Waals surface area contributed by atoms with Crippen molar-refractivity contribution >= 4 is 5.78 Å². The van der Waals surface area contributed by atoms with Crippen molar-refractivity contribution in [2.75, 3.05) is 0 Å². The molecule has 1 heteroatoms. The van der Waals surface area contributed by atoms with Gasteiger partial charge in [-0.2, -0.15) is 0 Å². The molecule has 84 valence electrons. The van der Waals surface area contributed by atoms with Gasteiger partial charge in [0.2, 0.25) is 0 Å². The summed E-state index contributed by atoms with van der Waals surface area (Å²) in [7, 11) is 0. The fraction of sp³-hybridized carbons (Fsp3) is 0.929. The average Bonchev–Trinajstić information content (AvgIpc) is 2.41. The first-order chi connectivity index (χ1) is 6.84. The highest BCUT2D eigenvalue weighted by molar-refractivity contribution is 5.93. The van der Waals surface area contributed by atoms with Crippen LogP contribution in [0, 0.1) is 28.1 Å². The van der Waals surface area contributed by atoms with Crippen LogP contribution in [-0.4, -0.2) is 5.78 Å². The van der Waals surface area contributed by atoms with Gasteiger partial charge in [-0.3, -0.25) is 4.79 Å². The molecule has 0 radical (unpaired) electrons. The second kappa shape index (κ2) is 2.33. The quantitative estimate of drug-likeness (QED) is 0.593. The Labute approximate surface area is 92.6 Å². The van der Waals surface area contributed by atoms with Gasteiger partial charge in [-0.25, -0.2) is 0 Å². The summed E-state index contributed by atoms with van der Waals surface area (Å²) in [5, 5.41) is 0. The fourth-order valence-corrected chi connectivity index (χ4v) is 5.11. The van der Waals surface area contributed by atoms with Crippen molar-refractivity contribution in [3.8, 4) is 0 Å². The number of Topliss-reactive ketones (excluding diaryl/α,β-unsaturated/α-hetero) is 1. The summed E-state index contributed by atoms with van der Waals surface area (Å²) in [6.07, 6.45) is 4.88. The van der Waals surface area contributed by atoms with Crippen molar-refractivity contribution in [2.24, 2.45) is 28.1 Å². The molecule has 0 aromatic rings. The predicted octanol–water partition coefficient (Wildman–Crippen LogP) is 3.43. The van der Waals surface area contributed by atoms with E-state index in [1.807, 2.05) is 0 Å². The van der Waals surface area contributed by atoms with Gasteiger partial charge in [0.15, 0.2) is 0 Å². The Kier molecular flexibility index (Phi) is 1.53. The van der Waals surface area contributed by atoms with Crippen LogP contribution in [0.3, 0.4) is 0 Å². The summed E-state index contributed by atoms with van der Waals surface area (Å²) in [6.45, 7) is 9.11. The number of fused-ring (bicyclic) bond motifs is 1. The first-order valence-corrected chi connectivity index (χ1v) is 6.39. The molecule has 0 spiro atoms. The molecular formula is C14H22O. The Morgan fingerprint density at radius 3 is 2.13 bits per heavy atom. The molecule has 0 amide bonds. The molecule has 0 heterocycles. The van der Waals surface area contributed by atoms with Gasteiger partial charge >= 0.3 is 0 Å². The number of carbonyl (C=O) groups is 1. The molecule has 0 aromatic carbocycles. The van der Waals surface area contributed by atoms with Gasteiger partial charge in [0.05, 0.1) is 0 Å². The summed E-state index contributed by atoms with van der Waals surface area (Å²) in [6, 6.07) is 0. The topological polar surface area (TPSA) is 17.1 Å². The van der Waals surface area contributed by atoms with E-state index in [-0.39, 0.29) is 16.2 Å². The molecule has 5 aliphatic rings. The van der Waals surface area contributed by atoms with Crippen LogP contribution in [0.1, 0.15) is 53.4 Å². The third-order valence-corrected chi connectivity index (χ3v) is 6.53. The zero-order valence-electron chi connectivity index (χ0n) is 10.4. The summed E-state index contributed by atoms with van der Waals surface area (Å²) >= 11 is 0. The van der Waals surface area contributed by atoms with Crippen molar-refractivity contribution in [3.63, 3.8) is 0 Å². The van der Waals surface area contributed by atoms with E-state index in [0.717, 1.165) is 18.8 Å². The molecule has 15 heavy (non-hydrogen) atoms. The van der Waals surface area contributed by atoms with Crippen LogP contribution in [0.25, 0.3) is 0 Å². The molecule has 4 bridgehead atoms. The monoisotopic (exact) mass is 206 g/mol. The van der Waals surface area contributed by atoms with Crippen LogP contribution in [0.2, 0.25) is 0 Å².